The van der Waals surface area contributed by atoms with Crippen LogP contribution in [0.25, 0.3) is 0 Å². The summed E-state index contributed by atoms with van der Waals surface area (Å²) in [5.74, 6) is -1.71. The second kappa shape index (κ2) is 11.9. The van der Waals surface area contributed by atoms with Crippen molar-refractivity contribution in [2.24, 2.45) is 17.8 Å². The molecule has 0 heterocycles. The summed E-state index contributed by atoms with van der Waals surface area (Å²) < 4.78 is 0. The molecule has 0 bridgehead atoms. The third-order valence-corrected chi connectivity index (χ3v) is 6.67. The number of Topliss-reactive ketones (excluding diaryl/α,β-unsaturated/α-hetero) is 3. The van der Waals surface area contributed by atoms with Gasteiger partial charge in [0, 0.05) is 27.4 Å². The SMILES string of the molecule is CCc1cc(C(C)(C)C)c(O)c2c1CC(CC(CCO)C(CO)C(=O)CC(C)=O)CC2=O.O.[HH].[HH]. The molecule has 7 heteroatoms. The molecule has 0 aliphatic heterocycles. The van der Waals surface area contributed by atoms with Gasteiger partial charge in [-0.05, 0) is 61.0 Å². The predicted octanol–water partition coefficient (Wildman–Crippen LogP) is 3.21. The lowest BCUT2D eigenvalue weighted by Crippen LogP contribution is -2.33. The van der Waals surface area contributed by atoms with Crippen molar-refractivity contribution >= 4 is 17.3 Å². The lowest BCUT2D eigenvalue weighted by Gasteiger charge is -2.33. The Morgan fingerprint density at radius 1 is 1.21 bits per heavy atom. The Morgan fingerprint density at radius 3 is 2.33 bits per heavy atom. The first-order valence-corrected chi connectivity index (χ1v) is 11.6. The number of benzene rings is 1. The first kappa shape index (κ1) is 28.9. The van der Waals surface area contributed by atoms with E-state index in [1.165, 1.54) is 6.92 Å². The van der Waals surface area contributed by atoms with Gasteiger partial charge < -0.3 is 20.8 Å². The first-order chi connectivity index (χ1) is 14.9. The number of aliphatic hydroxyl groups is 2. The summed E-state index contributed by atoms with van der Waals surface area (Å²) in [5.41, 5.74) is 2.82. The summed E-state index contributed by atoms with van der Waals surface area (Å²) >= 11 is 0. The number of ketones is 3. The highest BCUT2D eigenvalue weighted by atomic mass is 16.3. The van der Waals surface area contributed by atoms with Crippen LogP contribution in [0.4, 0.5) is 0 Å². The first-order valence-electron chi connectivity index (χ1n) is 11.6. The van der Waals surface area contributed by atoms with Crippen LogP contribution in [0.3, 0.4) is 0 Å². The summed E-state index contributed by atoms with van der Waals surface area (Å²) in [7, 11) is 0. The number of rotatable bonds is 10. The van der Waals surface area contributed by atoms with Crippen LogP contribution in [0, 0.1) is 17.8 Å². The van der Waals surface area contributed by atoms with Crippen molar-refractivity contribution in [3.63, 3.8) is 0 Å². The van der Waals surface area contributed by atoms with Crippen LogP contribution in [0.15, 0.2) is 6.07 Å². The van der Waals surface area contributed by atoms with E-state index >= 15 is 0 Å². The van der Waals surface area contributed by atoms with Crippen LogP contribution in [-0.2, 0) is 27.8 Å². The summed E-state index contributed by atoms with van der Waals surface area (Å²) in [5, 5.41) is 30.3. The summed E-state index contributed by atoms with van der Waals surface area (Å²) in [6.45, 7) is 8.88. The maximum Gasteiger partial charge on any atom is 0.167 e. The minimum atomic E-state index is -0.732. The van der Waals surface area contributed by atoms with E-state index in [-0.39, 0.29) is 74.7 Å². The van der Waals surface area contributed by atoms with Crippen LogP contribution >= 0.6 is 0 Å². The minimum absolute atomic E-state index is 0. The van der Waals surface area contributed by atoms with Crippen LogP contribution < -0.4 is 0 Å². The van der Waals surface area contributed by atoms with Crippen molar-refractivity contribution < 1.29 is 38.0 Å². The highest BCUT2D eigenvalue weighted by Crippen LogP contribution is 2.43. The van der Waals surface area contributed by atoms with E-state index < -0.39 is 5.92 Å². The van der Waals surface area contributed by atoms with Gasteiger partial charge in [-0.1, -0.05) is 33.8 Å². The van der Waals surface area contributed by atoms with Gasteiger partial charge in [0.1, 0.15) is 17.3 Å². The molecule has 1 aliphatic carbocycles. The van der Waals surface area contributed by atoms with E-state index in [4.69, 9.17) is 0 Å². The molecule has 33 heavy (non-hydrogen) atoms. The van der Waals surface area contributed by atoms with Gasteiger partial charge in [0.15, 0.2) is 5.78 Å². The fraction of sp³-hybridized carbons (Fsp3) is 0.654. The van der Waals surface area contributed by atoms with Crippen molar-refractivity contribution in [3.05, 3.63) is 28.3 Å². The molecule has 1 aromatic rings. The van der Waals surface area contributed by atoms with Crippen LogP contribution in [-0.4, -0.2) is 51.4 Å². The third kappa shape index (κ3) is 6.71. The number of aryl methyl sites for hydroxylation is 1. The van der Waals surface area contributed by atoms with E-state index in [9.17, 15) is 29.7 Å². The summed E-state index contributed by atoms with van der Waals surface area (Å²) in [6.07, 6.45) is 2.17. The maximum atomic E-state index is 13.2. The largest absolute Gasteiger partial charge is 0.507 e. The number of carbonyl (C=O) groups excluding carboxylic acids is 3. The molecular weight excluding hydrogens is 424 g/mol. The third-order valence-electron chi connectivity index (χ3n) is 6.67. The Morgan fingerprint density at radius 2 is 1.85 bits per heavy atom. The molecule has 1 aromatic carbocycles. The monoisotopic (exact) mass is 468 g/mol. The fourth-order valence-corrected chi connectivity index (χ4v) is 5.05. The van der Waals surface area contributed by atoms with Crippen molar-refractivity contribution in [3.8, 4) is 5.75 Å². The smallest absolute Gasteiger partial charge is 0.167 e. The van der Waals surface area contributed by atoms with Crippen molar-refractivity contribution in [2.45, 2.75) is 78.6 Å². The van der Waals surface area contributed by atoms with E-state index in [2.05, 4.69) is 0 Å². The number of carbonyl (C=O) groups is 3. The molecule has 0 spiro atoms. The van der Waals surface area contributed by atoms with Crippen LogP contribution in [0.1, 0.15) is 90.2 Å². The Kier molecular flexibility index (Phi) is 10.4. The zero-order chi connectivity index (χ0) is 24.2. The summed E-state index contributed by atoms with van der Waals surface area (Å²) in [4.78, 5) is 37.1. The molecule has 0 fully saturated rings. The average Bonchev–Trinajstić information content (AvgIpc) is 2.67. The molecule has 0 aromatic heterocycles. The Balaban J connectivity index is 0. The molecular formula is C26H44O7. The lowest BCUT2D eigenvalue weighted by atomic mass is 9.71. The molecule has 3 unspecified atom stereocenters. The second-order valence-corrected chi connectivity index (χ2v) is 10.2. The van der Waals surface area contributed by atoms with Gasteiger partial charge in [-0.3, -0.25) is 14.4 Å². The van der Waals surface area contributed by atoms with Crippen LogP contribution in [0.5, 0.6) is 5.75 Å². The number of phenolic OH excluding ortho intramolecular Hbond substituents is 1. The number of aliphatic hydroxyl groups excluding tert-OH is 2. The van der Waals surface area contributed by atoms with Crippen LogP contribution in [0.2, 0.25) is 0 Å². The van der Waals surface area contributed by atoms with Gasteiger partial charge in [-0.15, -0.1) is 0 Å². The number of aromatic hydroxyl groups is 1. The molecule has 5 N–H and O–H groups in total. The topological polar surface area (TPSA) is 143 Å². The van der Waals surface area contributed by atoms with E-state index in [0.717, 1.165) is 23.1 Å². The molecule has 0 saturated carbocycles. The zero-order valence-electron chi connectivity index (χ0n) is 20.5. The van der Waals surface area contributed by atoms with E-state index in [1.54, 1.807) is 0 Å². The van der Waals surface area contributed by atoms with E-state index in [0.29, 0.717) is 24.8 Å². The highest BCUT2D eigenvalue weighted by molar-refractivity contribution is 6.02. The quantitative estimate of drug-likeness (QED) is 0.450. The number of phenols is 1. The molecule has 0 saturated heterocycles. The van der Waals surface area contributed by atoms with Crippen molar-refractivity contribution in [2.75, 3.05) is 13.2 Å². The molecule has 3 atom stereocenters. The van der Waals surface area contributed by atoms with Gasteiger partial charge >= 0.3 is 0 Å². The number of hydrogen-bond donors (Lipinski definition) is 3. The molecule has 7 nitrogen and oxygen atoms in total. The van der Waals surface area contributed by atoms with Crippen molar-refractivity contribution in [1.29, 1.82) is 0 Å². The van der Waals surface area contributed by atoms with Gasteiger partial charge in [0.2, 0.25) is 0 Å². The Labute approximate surface area is 199 Å². The fourth-order valence-electron chi connectivity index (χ4n) is 5.05. The van der Waals surface area contributed by atoms with Gasteiger partial charge in [0.25, 0.3) is 0 Å². The molecule has 0 amide bonds. The molecule has 1 aliphatic rings. The summed E-state index contributed by atoms with van der Waals surface area (Å²) in [6, 6.07) is 2.00. The number of hydrogen-bond acceptors (Lipinski definition) is 6. The minimum Gasteiger partial charge on any atom is -0.507 e. The molecule has 0 radical (unpaired) electrons. The predicted molar refractivity (Wildman–Crippen MR) is 131 cm³/mol. The molecule has 2 rings (SSSR count). The second-order valence-electron chi connectivity index (χ2n) is 10.2. The lowest BCUT2D eigenvalue weighted by molar-refractivity contribution is -0.131. The standard InChI is InChI=1S/C26H38O6.H2O.2H2/c1-6-17-13-21(26(3,4)5)25(32)24-19(17)11-16(12-23(24)31)10-18(7-8-27)20(14-28)22(30)9-15(2)29;;;/h13,16,18,20,27-28,32H,6-12,14H2,1-5H3;1H2;2*1H. The Bertz CT molecular complexity index is 877. The van der Waals surface area contributed by atoms with Gasteiger partial charge in [-0.25, -0.2) is 0 Å². The zero-order valence-corrected chi connectivity index (χ0v) is 20.5. The normalized spacial score (nSPS) is 17.7. The average molecular weight is 469 g/mol. The van der Waals surface area contributed by atoms with E-state index in [1.807, 2.05) is 33.8 Å². The Hall–Kier alpha value is -2.09. The highest BCUT2D eigenvalue weighted by Gasteiger charge is 2.36. The molecule has 190 valence electrons. The maximum absolute atomic E-state index is 13.2. The van der Waals surface area contributed by atoms with Crippen molar-refractivity contribution in [1.82, 2.24) is 0 Å². The van der Waals surface area contributed by atoms with Gasteiger partial charge in [-0.2, -0.15) is 0 Å². The van der Waals surface area contributed by atoms with Gasteiger partial charge in [0.05, 0.1) is 18.6 Å². The number of fused-ring (bicyclic) bond motifs is 1.